The Morgan fingerprint density at radius 1 is 1.37 bits per heavy atom. The number of amides is 1. The van der Waals surface area contributed by atoms with Crippen LogP contribution < -0.4 is 16.6 Å². The van der Waals surface area contributed by atoms with E-state index in [0.717, 1.165) is 5.69 Å². The summed E-state index contributed by atoms with van der Waals surface area (Å²) >= 11 is 1.42. The minimum absolute atomic E-state index is 0.224. The first-order valence-electron chi connectivity index (χ1n) is 5.83. The maximum atomic E-state index is 11.9. The van der Waals surface area contributed by atoms with Crippen LogP contribution in [-0.4, -0.2) is 21.1 Å². The van der Waals surface area contributed by atoms with E-state index in [1.165, 1.54) is 24.2 Å². The van der Waals surface area contributed by atoms with Crippen LogP contribution in [0.3, 0.4) is 0 Å². The predicted molar refractivity (Wildman–Crippen MR) is 71.9 cm³/mol. The lowest BCUT2D eigenvalue weighted by Gasteiger charge is -2.01. The Morgan fingerprint density at radius 2 is 2.21 bits per heavy atom. The van der Waals surface area contributed by atoms with Crippen molar-refractivity contribution in [3.8, 4) is 0 Å². The molecule has 1 fully saturated rings. The van der Waals surface area contributed by atoms with Gasteiger partial charge in [0.2, 0.25) is 0 Å². The Balaban J connectivity index is 1.68. The van der Waals surface area contributed by atoms with E-state index >= 15 is 0 Å². The average Bonchev–Trinajstić information content (AvgIpc) is 3.20. The van der Waals surface area contributed by atoms with Gasteiger partial charge in [0, 0.05) is 11.3 Å². The smallest absolute Gasteiger partial charge is 0.277 e. The van der Waals surface area contributed by atoms with Gasteiger partial charge in [0.25, 0.3) is 5.91 Å². The Labute approximate surface area is 113 Å². The predicted octanol–water partition coefficient (Wildman–Crippen LogP) is 1.35. The maximum Gasteiger partial charge on any atom is 0.277 e. The van der Waals surface area contributed by atoms with E-state index in [1.807, 2.05) is 5.38 Å². The summed E-state index contributed by atoms with van der Waals surface area (Å²) < 4.78 is 0. The minimum Gasteiger partial charge on any atom is -0.307 e. The molecular weight excluding hydrogens is 264 g/mol. The van der Waals surface area contributed by atoms with E-state index in [1.54, 1.807) is 12.1 Å². The zero-order valence-electron chi connectivity index (χ0n) is 9.96. The van der Waals surface area contributed by atoms with Gasteiger partial charge in [-0.1, -0.05) is 0 Å². The summed E-state index contributed by atoms with van der Waals surface area (Å²) in [5.41, 5.74) is 3.64. The number of nitrogens with one attached hydrogen (secondary N) is 2. The van der Waals surface area contributed by atoms with E-state index in [-0.39, 0.29) is 11.6 Å². The molecule has 0 unspecified atom stereocenters. The van der Waals surface area contributed by atoms with Crippen LogP contribution in [-0.2, 0) is 0 Å². The number of nitrogen functional groups attached to an aromatic ring is 1. The summed E-state index contributed by atoms with van der Waals surface area (Å²) in [6.07, 6.45) is 2.38. The van der Waals surface area contributed by atoms with Gasteiger partial charge in [-0.05, 0) is 25.0 Å². The van der Waals surface area contributed by atoms with Crippen molar-refractivity contribution in [2.45, 2.75) is 18.8 Å². The number of rotatable bonds is 4. The molecule has 0 bridgehead atoms. The molecule has 19 heavy (non-hydrogen) atoms. The fourth-order valence-electron chi connectivity index (χ4n) is 1.60. The van der Waals surface area contributed by atoms with Crippen LogP contribution in [0, 0.1) is 0 Å². The number of carbonyl (C=O) groups is 1. The summed E-state index contributed by atoms with van der Waals surface area (Å²) in [6, 6.07) is 3.13. The number of aromatic nitrogens is 3. The molecule has 0 aliphatic heterocycles. The Hall–Kier alpha value is -2.06. The van der Waals surface area contributed by atoms with Gasteiger partial charge < -0.3 is 5.43 Å². The van der Waals surface area contributed by atoms with Crippen molar-refractivity contribution >= 4 is 28.2 Å². The second kappa shape index (κ2) is 4.90. The highest BCUT2D eigenvalue weighted by Crippen LogP contribution is 2.40. The fraction of sp³-hybridized carbons (Fsp3) is 0.273. The van der Waals surface area contributed by atoms with Crippen molar-refractivity contribution < 1.29 is 4.79 Å². The molecule has 98 valence electrons. The molecule has 2 aromatic heterocycles. The molecule has 7 nitrogen and oxygen atoms in total. The zero-order valence-corrected chi connectivity index (χ0v) is 10.8. The number of hydrogen-bond donors (Lipinski definition) is 3. The number of thiazole rings is 1. The lowest BCUT2D eigenvalue weighted by atomic mass is 10.3. The largest absolute Gasteiger partial charge is 0.307 e. The van der Waals surface area contributed by atoms with E-state index in [4.69, 9.17) is 5.84 Å². The second-order valence-corrected chi connectivity index (χ2v) is 5.11. The van der Waals surface area contributed by atoms with Crippen molar-refractivity contribution in [3.05, 3.63) is 28.9 Å². The van der Waals surface area contributed by atoms with Gasteiger partial charge >= 0.3 is 0 Å². The molecule has 0 aromatic carbocycles. The monoisotopic (exact) mass is 276 g/mol. The molecule has 0 spiro atoms. The molecular formula is C11H12N6OS. The second-order valence-electron chi connectivity index (χ2n) is 4.25. The number of hydrogen-bond acceptors (Lipinski definition) is 7. The van der Waals surface area contributed by atoms with Crippen molar-refractivity contribution in [1.29, 1.82) is 0 Å². The van der Waals surface area contributed by atoms with Gasteiger partial charge in [-0.2, -0.15) is 0 Å². The van der Waals surface area contributed by atoms with Crippen LogP contribution in [0.2, 0.25) is 0 Å². The molecule has 1 amide bonds. The summed E-state index contributed by atoms with van der Waals surface area (Å²) in [5.74, 6) is 5.83. The normalized spacial score (nSPS) is 14.2. The zero-order chi connectivity index (χ0) is 13.2. The molecule has 2 aromatic rings. The molecule has 2 heterocycles. The number of hydrazine groups is 1. The first kappa shape index (κ1) is 12.0. The summed E-state index contributed by atoms with van der Waals surface area (Å²) in [4.78, 5) is 16.3. The first-order valence-corrected chi connectivity index (χ1v) is 6.71. The molecule has 0 saturated heterocycles. The highest BCUT2D eigenvalue weighted by Gasteiger charge is 2.26. The highest BCUT2D eigenvalue weighted by molar-refractivity contribution is 7.14. The molecule has 3 rings (SSSR count). The third-order valence-corrected chi connectivity index (χ3v) is 3.56. The summed E-state index contributed by atoms with van der Waals surface area (Å²) in [5, 5.41) is 12.8. The fourth-order valence-corrected chi connectivity index (χ4v) is 2.39. The Bertz CT molecular complexity index is 591. The molecule has 1 aliphatic carbocycles. The quantitative estimate of drug-likeness (QED) is 0.575. The van der Waals surface area contributed by atoms with Gasteiger partial charge in [0.05, 0.1) is 5.69 Å². The summed E-state index contributed by atoms with van der Waals surface area (Å²) in [7, 11) is 0. The number of nitrogens with two attached hydrogens (primary N) is 1. The van der Waals surface area contributed by atoms with Gasteiger partial charge in [0.15, 0.2) is 16.6 Å². The van der Waals surface area contributed by atoms with Crippen LogP contribution in [0.5, 0.6) is 0 Å². The average molecular weight is 276 g/mol. The van der Waals surface area contributed by atoms with E-state index < -0.39 is 0 Å². The highest BCUT2D eigenvalue weighted by atomic mass is 32.1. The van der Waals surface area contributed by atoms with E-state index in [2.05, 4.69) is 25.9 Å². The van der Waals surface area contributed by atoms with Crippen LogP contribution in [0.1, 0.15) is 34.9 Å². The van der Waals surface area contributed by atoms with Crippen molar-refractivity contribution in [2.24, 2.45) is 5.84 Å². The van der Waals surface area contributed by atoms with Gasteiger partial charge in [-0.25, -0.2) is 10.8 Å². The molecule has 1 aliphatic rings. The third-order valence-electron chi connectivity index (χ3n) is 2.78. The lowest BCUT2D eigenvalue weighted by Crippen LogP contribution is -2.16. The Morgan fingerprint density at radius 3 is 2.84 bits per heavy atom. The lowest BCUT2D eigenvalue weighted by molar-refractivity contribution is 0.102. The summed E-state index contributed by atoms with van der Waals surface area (Å²) in [6.45, 7) is 0. The van der Waals surface area contributed by atoms with Crippen LogP contribution in [0.4, 0.5) is 10.9 Å². The number of nitrogens with zero attached hydrogens (tertiary/aromatic N) is 3. The SMILES string of the molecule is NNc1ccc(C(=O)Nc2nc(C3CC3)cs2)nn1. The third kappa shape index (κ3) is 2.69. The van der Waals surface area contributed by atoms with Crippen molar-refractivity contribution in [3.63, 3.8) is 0 Å². The molecule has 0 atom stereocenters. The molecule has 4 N–H and O–H groups in total. The van der Waals surface area contributed by atoms with Crippen LogP contribution in [0.25, 0.3) is 0 Å². The molecule has 0 radical (unpaired) electrons. The minimum atomic E-state index is -0.326. The van der Waals surface area contributed by atoms with Crippen molar-refractivity contribution in [1.82, 2.24) is 15.2 Å². The Kier molecular flexibility index (Phi) is 3.10. The van der Waals surface area contributed by atoms with Crippen LogP contribution >= 0.6 is 11.3 Å². The first-order chi connectivity index (χ1) is 9.26. The van der Waals surface area contributed by atoms with Gasteiger partial charge in [0.1, 0.15) is 0 Å². The topological polar surface area (TPSA) is 106 Å². The van der Waals surface area contributed by atoms with E-state index in [9.17, 15) is 4.79 Å². The number of anilines is 2. The standard InChI is InChI=1S/C11H12N6OS/c12-15-9-4-3-7(16-17-9)10(18)14-11-13-8(5-19-11)6-1-2-6/h3-6H,1-2,12H2,(H,15,17)(H,13,14,18). The number of carbonyl (C=O) groups excluding carboxylic acids is 1. The van der Waals surface area contributed by atoms with Crippen molar-refractivity contribution in [2.75, 3.05) is 10.7 Å². The molecule has 8 heteroatoms. The van der Waals surface area contributed by atoms with Gasteiger partial charge in [-0.3, -0.25) is 10.1 Å². The maximum absolute atomic E-state index is 11.9. The van der Waals surface area contributed by atoms with Crippen LogP contribution in [0.15, 0.2) is 17.5 Å². The molecule has 1 saturated carbocycles. The van der Waals surface area contributed by atoms with Gasteiger partial charge in [-0.15, -0.1) is 21.5 Å². The van der Waals surface area contributed by atoms with E-state index in [0.29, 0.717) is 16.9 Å².